The molecule has 1 aliphatic heterocycles. The van der Waals surface area contributed by atoms with Crippen molar-refractivity contribution in [2.45, 2.75) is 18.9 Å². The van der Waals surface area contributed by atoms with Gasteiger partial charge in [-0.15, -0.1) is 0 Å². The molecule has 3 N–H and O–H groups in total. The van der Waals surface area contributed by atoms with Gasteiger partial charge in [0, 0.05) is 26.2 Å². The molecule has 0 spiro atoms. The van der Waals surface area contributed by atoms with Gasteiger partial charge in [0.1, 0.15) is 12.1 Å². The number of piperidine rings is 1. The molecule has 0 bridgehead atoms. The van der Waals surface area contributed by atoms with E-state index in [-0.39, 0.29) is 11.9 Å². The number of fused-ring (bicyclic) bond motifs is 1. The largest absolute Gasteiger partial charge is 0.472 e. The lowest BCUT2D eigenvalue weighted by atomic mass is 10.0. The van der Waals surface area contributed by atoms with Gasteiger partial charge in [0.25, 0.3) is 5.91 Å². The number of rotatable bonds is 3. The van der Waals surface area contributed by atoms with Gasteiger partial charge in [-0.1, -0.05) is 0 Å². The quantitative estimate of drug-likeness (QED) is 0.736. The number of carbonyl (C=O) groups is 1. The van der Waals surface area contributed by atoms with E-state index in [9.17, 15) is 4.79 Å². The summed E-state index contributed by atoms with van der Waals surface area (Å²) >= 11 is 0. The van der Waals surface area contributed by atoms with Gasteiger partial charge in [-0.25, -0.2) is 0 Å². The number of hydrogen-bond donors (Lipinski definition) is 2. The van der Waals surface area contributed by atoms with E-state index in [2.05, 4.69) is 20.4 Å². The van der Waals surface area contributed by atoms with E-state index in [1.54, 1.807) is 16.9 Å². The normalized spacial score (nSPS) is 15.6. The van der Waals surface area contributed by atoms with Crippen LogP contribution in [0.2, 0.25) is 0 Å². The van der Waals surface area contributed by atoms with Crippen LogP contribution < -0.4 is 11.1 Å². The molecule has 25 heavy (non-hydrogen) atoms. The van der Waals surface area contributed by atoms with Crippen molar-refractivity contribution in [1.29, 1.82) is 0 Å². The fraction of sp³-hybridized carbons (Fsp3) is 0.375. The van der Waals surface area contributed by atoms with E-state index >= 15 is 0 Å². The molecule has 3 aromatic rings. The van der Waals surface area contributed by atoms with Crippen molar-refractivity contribution >= 4 is 28.7 Å². The van der Waals surface area contributed by atoms with Crippen LogP contribution in [0.25, 0.3) is 11.0 Å². The Labute approximate surface area is 143 Å². The molecule has 0 saturated carbocycles. The minimum atomic E-state index is 0.00370. The molecule has 0 radical (unpaired) electrons. The molecular weight excluding hydrogens is 322 g/mol. The number of aromatic nitrogens is 4. The number of furan rings is 1. The third kappa shape index (κ3) is 2.88. The van der Waals surface area contributed by atoms with Crippen molar-refractivity contribution in [1.82, 2.24) is 24.6 Å². The summed E-state index contributed by atoms with van der Waals surface area (Å²) in [6, 6.07) is 1.88. The van der Waals surface area contributed by atoms with Gasteiger partial charge < -0.3 is 20.4 Å². The molecule has 1 saturated heterocycles. The Balaban J connectivity index is 1.42. The maximum absolute atomic E-state index is 12.3. The predicted octanol–water partition coefficient (Wildman–Crippen LogP) is 1.26. The molecule has 0 aliphatic carbocycles. The second-order valence-corrected chi connectivity index (χ2v) is 6.16. The average Bonchev–Trinajstić information content (AvgIpc) is 3.26. The molecule has 130 valence electrons. The highest BCUT2D eigenvalue weighted by Gasteiger charge is 2.24. The van der Waals surface area contributed by atoms with Crippen LogP contribution in [0.4, 0.5) is 11.8 Å². The zero-order valence-electron chi connectivity index (χ0n) is 13.8. The smallest absolute Gasteiger partial charge is 0.257 e. The third-order valence-corrected chi connectivity index (χ3v) is 4.51. The number of hydrogen-bond acceptors (Lipinski definition) is 7. The van der Waals surface area contributed by atoms with Crippen molar-refractivity contribution < 1.29 is 9.21 Å². The molecule has 9 nitrogen and oxygen atoms in total. The molecular formula is C16H19N7O2. The number of nitrogen functional groups attached to an aromatic ring is 1. The average molecular weight is 341 g/mol. The monoisotopic (exact) mass is 341 g/mol. The number of amides is 1. The van der Waals surface area contributed by atoms with E-state index in [1.165, 1.54) is 12.5 Å². The first kappa shape index (κ1) is 15.4. The molecule has 0 aromatic carbocycles. The van der Waals surface area contributed by atoms with E-state index in [0.29, 0.717) is 36.1 Å². The molecule has 4 rings (SSSR count). The Morgan fingerprint density at radius 2 is 2.16 bits per heavy atom. The minimum Gasteiger partial charge on any atom is -0.472 e. The molecule has 1 fully saturated rings. The summed E-state index contributed by atoms with van der Waals surface area (Å²) in [6.45, 7) is 1.34. The molecule has 3 aromatic heterocycles. The van der Waals surface area contributed by atoms with Crippen LogP contribution in [0, 0.1) is 0 Å². The van der Waals surface area contributed by atoms with Gasteiger partial charge in [-0.3, -0.25) is 9.48 Å². The number of anilines is 2. The molecule has 1 aliphatic rings. The molecule has 0 unspecified atom stereocenters. The Morgan fingerprint density at radius 1 is 1.36 bits per heavy atom. The van der Waals surface area contributed by atoms with Gasteiger partial charge in [-0.05, 0) is 18.9 Å². The van der Waals surface area contributed by atoms with E-state index in [4.69, 9.17) is 10.2 Å². The lowest BCUT2D eigenvalue weighted by Crippen LogP contribution is -2.42. The van der Waals surface area contributed by atoms with Crippen LogP contribution in [0.15, 0.2) is 29.2 Å². The number of carbonyl (C=O) groups excluding carboxylic acids is 1. The Morgan fingerprint density at radius 3 is 2.88 bits per heavy atom. The Bertz CT molecular complexity index is 895. The maximum Gasteiger partial charge on any atom is 0.257 e. The first-order chi connectivity index (χ1) is 12.1. The highest BCUT2D eigenvalue weighted by molar-refractivity contribution is 5.93. The summed E-state index contributed by atoms with van der Waals surface area (Å²) < 4.78 is 6.65. The first-order valence-electron chi connectivity index (χ1n) is 8.15. The van der Waals surface area contributed by atoms with Crippen LogP contribution >= 0.6 is 0 Å². The molecule has 1 amide bonds. The zero-order valence-corrected chi connectivity index (χ0v) is 13.8. The predicted molar refractivity (Wildman–Crippen MR) is 92.0 cm³/mol. The lowest BCUT2D eigenvalue weighted by Gasteiger charge is -2.32. The zero-order chi connectivity index (χ0) is 17.4. The Kier molecular flexibility index (Phi) is 3.75. The number of nitrogens with two attached hydrogens (primary N) is 1. The highest BCUT2D eigenvalue weighted by Crippen LogP contribution is 2.21. The summed E-state index contributed by atoms with van der Waals surface area (Å²) in [4.78, 5) is 23.0. The second-order valence-electron chi connectivity index (χ2n) is 6.16. The number of likely N-dealkylation sites (tertiary alicyclic amines) is 1. The topological polar surface area (TPSA) is 115 Å². The Hall–Kier alpha value is -3.10. The maximum atomic E-state index is 12.3. The van der Waals surface area contributed by atoms with Crippen LogP contribution in [0.5, 0.6) is 0 Å². The fourth-order valence-electron chi connectivity index (χ4n) is 3.09. The van der Waals surface area contributed by atoms with Crippen LogP contribution in [-0.4, -0.2) is 49.7 Å². The van der Waals surface area contributed by atoms with Crippen LogP contribution in [0.3, 0.4) is 0 Å². The summed E-state index contributed by atoms with van der Waals surface area (Å²) in [5.41, 5.74) is 7.27. The van der Waals surface area contributed by atoms with Crippen LogP contribution in [0.1, 0.15) is 23.2 Å². The standard InChI is InChI=1S/C16H19N7O2/c1-22-14-12(8-18-22)13(17)20-16(21-14)19-11-2-5-23(6-3-11)15(24)10-4-7-25-9-10/h4,7-9,11H,2-3,5-6H2,1H3,(H3,17,19,20,21). The molecule has 9 heteroatoms. The summed E-state index contributed by atoms with van der Waals surface area (Å²) in [7, 11) is 1.82. The number of nitrogens with zero attached hydrogens (tertiary/aromatic N) is 5. The van der Waals surface area contributed by atoms with E-state index in [0.717, 1.165) is 18.2 Å². The lowest BCUT2D eigenvalue weighted by molar-refractivity contribution is 0.0717. The van der Waals surface area contributed by atoms with Gasteiger partial charge in [0.05, 0.1) is 23.4 Å². The van der Waals surface area contributed by atoms with Crippen molar-refractivity contribution in [3.63, 3.8) is 0 Å². The van der Waals surface area contributed by atoms with Gasteiger partial charge in [0.15, 0.2) is 5.65 Å². The van der Waals surface area contributed by atoms with Crippen molar-refractivity contribution in [3.05, 3.63) is 30.4 Å². The summed E-state index contributed by atoms with van der Waals surface area (Å²) in [6.07, 6.45) is 6.28. The third-order valence-electron chi connectivity index (χ3n) is 4.51. The van der Waals surface area contributed by atoms with Crippen molar-refractivity contribution in [2.75, 3.05) is 24.1 Å². The van der Waals surface area contributed by atoms with E-state index < -0.39 is 0 Å². The minimum absolute atomic E-state index is 0.00370. The van der Waals surface area contributed by atoms with Crippen LogP contribution in [-0.2, 0) is 7.05 Å². The fourth-order valence-corrected chi connectivity index (χ4v) is 3.09. The number of aryl methyl sites for hydroxylation is 1. The van der Waals surface area contributed by atoms with Crippen molar-refractivity contribution in [2.24, 2.45) is 7.05 Å². The SMILES string of the molecule is Cn1ncc2c(N)nc(NC3CCN(C(=O)c4ccoc4)CC3)nc21. The summed E-state index contributed by atoms with van der Waals surface area (Å²) in [5.74, 6) is 0.908. The van der Waals surface area contributed by atoms with Gasteiger partial charge in [0.2, 0.25) is 5.95 Å². The van der Waals surface area contributed by atoms with E-state index in [1.807, 2.05) is 11.9 Å². The van der Waals surface area contributed by atoms with Crippen molar-refractivity contribution in [3.8, 4) is 0 Å². The molecule has 0 atom stereocenters. The molecule has 4 heterocycles. The highest BCUT2D eigenvalue weighted by atomic mass is 16.3. The number of nitrogens with one attached hydrogen (secondary N) is 1. The van der Waals surface area contributed by atoms with Gasteiger partial charge >= 0.3 is 0 Å². The second kappa shape index (κ2) is 6.08. The summed E-state index contributed by atoms with van der Waals surface area (Å²) in [5, 5.41) is 8.22. The first-order valence-corrected chi connectivity index (χ1v) is 8.15. The van der Waals surface area contributed by atoms with Gasteiger partial charge in [-0.2, -0.15) is 15.1 Å².